The summed E-state index contributed by atoms with van der Waals surface area (Å²) in [4.78, 5) is 0. The summed E-state index contributed by atoms with van der Waals surface area (Å²) in [6, 6.07) is 51.0. The predicted molar refractivity (Wildman–Crippen MR) is 205 cm³/mol. The molecule has 2 N–H and O–H groups in total. The van der Waals surface area contributed by atoms with E-state index in [4.69, 9.17) is 5.73 Å². The van der Waals surface area contributed by atoms with Crippen molar-refractivity contribution in [1.82, 2.24) is 0 Å². The molecule has 0 fully saturated rings. The highest BCUT2D eigenvalue weighted by molar-refractivity contribution is 6.18. The summed E-state index contributed by atoms with van der Waals surface area (Å²) < 4.78 is 0. The number of nitrogens with two attached hydrogens (primary N) is 1. The molecule has 0 heterocycles. The molecule has 0 spiro atoms. The summed E-state index contributed by atoms with van der Waals surface area (Å²) in [6.07, 6.45) is 7.62. The molecular formula is C46H35N3. The van der Waals surface area contributed by atoms with Crippen molar-refractivity contribution >= 4 is 16.5 Å². The van der Waals surface area contributed by atoms with Crippen LogP contribution in [0.2, 0.25) is 0 Å². The maximum atomic E-state index is 9.55. The lowest BCUT2D eigenvalue weighted by Gasteiger charge is -2.24. The van der Waals surface area contributed by atoms with Crippen LogP contribution in [0.25, 0.3) is 61.0 Å². The van der Waals surface area contributed by atoms with E-state index in [0.29, 0.717) is 23.3 Å². The van der Waals surface area contributed by atoms with Crippen LogP contribution in [0, 0.1) is 22.7 Å². The van der Waals surface area contributed by atoms with Crippen LogP contribution in [0.3, 0.4) is 0 Å². The number of rotatable bonds is 9. The van der Waals surface area contributed by atoms with Crippen LogP contribution in [0.1, 0.15) is 18.1 Å². The predicted octanol–water partition coefficient (Wildman–Crippen LogP) is 11.5. The summed E-state index contributed by atoms with van der Waals surface area (Å²) in [5.41, 5.74) is 19.0. The van der Waals surface area contributed by atoms with Crippen LogP contribution in [0.4, 0.5) is 0 Å². The van der Waals surface area contributed by atoms with E-state index in [2.05, 4.69) is 128 Å². The van der Waals surface area contributed by atoms with Crippen molar-refractivity contribution in [3.05, 3.63) is 187 Å². The van der Waals surface area contributed by atoms with Gasteiger partial charge in [-0.3, -0.25) is 0 Å². The fourth-order valence-electron chi connectivity index (χ4n) is 6.37. The molecule has 0 saturated carbocycles. The van der Waals surface area contributed by atoms with Crippen LogP contribution in [-0.2, 0) is 6.42 Å². The lowest BCUT2D eigenvalue weighted by Crippen LogP contribution is -2.00. The minimum absolute atomic E-state index is 0.514. The van der Waals surface area contributed by atoms with Gasteiger partial charge in [0.2, 0.25) is 0 Å². The smallest absolute Gasteiger partial charge is 0.0988 e. The van der Waals surface area contributed by atoms with E-state index in [0.717, 1.165) is 66.4 Å². The number of nitriles is 2. The molecule has 0 atom stereocenters. The van der Waals surface area contributed by atoms with Gasteiger partial charge in [-0.05, 0) is 91.9 Å². The molecule has 0 radical (unpaired) electrons. The lowest BCUT2D eigenvalue weighted by molar-refractivity contribution is 1.26. The van der Waals surface area contributed by atoms with Crippen molar-refractivity contribution < 1.29 is 0 Å². The average Bonchev–Trinajstić information content (AvgIpc) is 3.17. The Morgan fingerprint density at radius 3 is 1.65 bits per heavy atom. The van der Waals surface area contributed by atoms with E-state index in [1.165, 1.54) is 0 Å². The minimum atomic E-state index is 0.514. The Hall–Kier alpha value is -6.68. The van der Waals surface area contributed by atoms with Gasteiger partial charge >= 0.3 is 0 Å². The molecule has 0 bridgehead atoms. The maximum absolute atomic E-state index is 9.55. The third-order valence-corrected chi connectivity index (χ3v) is 8.70. The fourth-order valence-corrected chi connectivity index (χ4v) is 6.37. The van der Waals surface area contributed by atoms with E-state index in [9.17, 15) is 10.5 Å². The first-order chi connectivity index (χ1) is 24.1. The number of allylic oxidation sites excluding steroid dienone is 6. The first kappa shape index (κ1) is 32.3. The molecule has 0 unspecified atom stereocenters. The highest BCUT2D eigenvalue weighted by Gasteiger charge is 2.24. The Morgan fingerprint density at radius 1 is 0.612 bits per heavy atom. The normalized spacial score (nSPS) is 11.9. The van der Waals surface area contributed by atoms with Gasteiger partial charge in [0.15, 0.2) is 0 Å². The van der Waals surface area contributed by atoms with Crippen LogP contribution in [0.5, 0.6) is 0 Å². The van der Waals surface area contributed by atoms with Gasteiger partial charge in [-0.2, -0.15) is 10.5 Å². The summed E-state index contributed by atoms with van der Waals surface area (Å²) in [5, 5.41) is 21.3. The first-order valence-electron chi connectivity index (χ1n) is 16.2. The minimum Gasteiger partial charge on any atom is -0.398 e. The van der Waals surface area contributed by atoms with E-state index < -0.39 is 0 Å². The molecule has 6 rings (SSSR count). The van der Waals surface area contributed by atoms with Crippen molar-refractivity contribution in [2.45, 2.75) is 13.3 Å². The Labute approximate surface area is 288 Å². The zero-order valence-electron chi connectivity index (χ0n) is 27.4. The third-order valence-electron chi connectivity index (χ3n) is 8.70. The van der Waals surface area contributed by atoms with Crippen molar-refractivity contribution in [2.75, 3.05) is 0 Å². The molecule has 234 valence electrons. The van der Waals surface area contributed by atoms with E-state index in [-0.39, 0.29) is 0 Å². The second kappa shape index (κ2) is 14.8. The standard InChI is InChI=1S/C46H35N3/c1-3-32(30-47)25-26-34-15-13-21-38(27-34)43-40-23-11-12-24-41(40)44(39-22-14-20-37(29-39)42(49)28-33(4-2)31-48)46(36-18-9-6-10-19-36)45(43)35-16-7-5-8-17-35/h3-25,27-29H,1,26,49H2,2H3/b32-25+,33-4+,42-28-. The van der Waals surface area contributed by atoms with Crippen LogP contribution in [-0.4, -0.2) is 0 Å². The maximum Gasteiger partial charge on any atom is 0.0988 e. The van der Waals surface area contributed by atoms with Gasteiger partial charge in [0.25, 0.3) is 0 Å². The summed E-state index contributed by atoms with van der Waals surface area (Å²) in [7, 11) is 0. The quantitative estimate of drug-likeness (QED) is 0.128. The highest BCUT2D eigenvalue weighted by atomic mass is 14.6. The van der Waals surface area contributed by atoms with Gasteiger partial charge in [0.1, 0.15) is 0 Å². The zero-order valence-corrected chi connectivity index (χ0v) is 27.4. The van der Waals surface area contributed by atoms with Gasteiger partial charge in [0, 0.05) is 16.8 Å². The topological polar surface area (TPSA) is 73.6 Å². The van der Waals surface area contributed by atoms with Crippen LogP contribution >= 0.6 is 0 Å². The Morgan fingerprint density at radius 2 is 1.12 bits per heavy atom. The number of hydrogen-bond donors (Lipinski definition) is 1. The molecule has 0 aliphatic heterocycles. The van der Waals surface area contributed by atoms with E-state index in [1.807, 2.05) is 37.3 Å². The second-order valence-electron chi connectivity index (χ2n) is 11.7. The number of fused-ring (bicyclic) bond motifs is 1. The van der Waals surface area contributed by atoms with Crippen LogP contribution in [0.15, 0.2) is 175 Å². The van der Waals surface area contributed by atoms with Crippen LogP contribution < -0.4 is 5.73 Å². The summed E-state index contributed by atoms with van der Waals surface area (Å²) in [5.74, 6) is 0. The van der Waals surface area contributed by atoms with Crippen molar-refractivity contribution in [3.63, 3.8) is 0 Å². The molecule has 0 amide bonds. The van der Waals surface area contributed by atoms with Gasteiger partial charge in [-0.25, -0.2) is 0 Å². The second-order valence-corrected chi connectivity index (χ2v) is 11.7. The highest BCUT2D eigenvalue weighted by Crippen LogP contribution is 2.51. The first-order valence-corrected chi connectivity index (χ1v) is 16.2. The van der Waals surface area contributed by atoms with Crippen molar-refractivity contribution in [1.29, 1.82) is 10.5 Å². The fraction of sp³-hybridized carbons (Fsp3) is 0.0435. The van der Waals surface area contributed by atoms with Crippen molar-refractivity contribution in [3.8, 4) is 56.6 Å². The Balaban J connectivity index is 1.74. The molecule has 0 aromatic heterocycles. The van der Waals surface area contributed by atoms with Gasteiger partial charge in [0.05, 0.1) is 12.1 Å². The van der Waals surface area contributed by atoms with Gasteiger partial charge in [-0.1, -0.05) is 152 Å². The molecule has 0 aliphatic carbocycles. The van der Waals surface area contributed by atoms with E-state index in [1.54, 1.807) is 18.2 Å². The zero-order chi connectivity index (χ0) is 34.2. The van der Waals surface area contributed by atoms with E-state index >= 15 is 0 Å². The van der Waals surface area contributed by atoms with Gasteiger partial charge in [-0.15, -0.1) is 0 Å². The largest absolute Gasteiger partial charge is 0.398 e. The molecule has 3 heteroatoms. The Bertz CT molecular complexity index is 2340. The third kappa shape index (κ3) is 6.75. The molecule has 6 aromatic carbocycles. The molecule has 6 aromatic rings. The molecule has 49 heavy (non-hydrogen) atoms. The Kier molecular flexibility index (Phi) is 9.76. The molecular weight excluding hydrogens is 595 g/mol. The summed E-state index contributed by atoms with van der Waals surface area (Å²) in [6.45, 7) is 5.61. The molecule has 3 nitrogen and oxygen atoms in total. The average molecular weight is 630 g/mol. The monoisotopic (exact) mass is 629 g/mol. The summed E-state index contributed by atoms with van der Waals surface area (Å²) >= 11 is 0. The van der Waals surface area contributed by atoms with Crippen molar-refractivity contribution in [2.24, 2.45) is 5.73 Å². The number of nitrogens with zero attached hydrogens (tertiary/aromatic N) is 2. The lowest BCUT2D eigenvalue weighted by atomic mass is 9.78. The SMILES string of the molecule is C=C/C(C#N)=C\Cc1cccc(-c2c(-c3ccccc3)c(-c3ccccc3)c(-c3cccc(/C(N)=C/C(C#N)=C\C)c3)c3ccccc23)c1. The van der Waals surface area contributed by atoms with Gasteiger partial charge < -0.3 is 5.73 Å². The number of hydrogen-bond acceptors (Lipinski definition) is 3. The molecule has 0 saturated heterocycles. The number of benzene rings is 6. The molecule has 0 aliphatic rings.